The Morgan fingerprint density at radius 2 is 2.08 bits per heavy atom. The highest BCUT2D eigenvalue weighted by molar-refractivity contribution is 6.30. The van der Waals surface area contributed by atoms with Gasteiger partial charge in [0.25, 0.3) is 0 Å². The van der Waals surface area contributed by atoms with Gasteiger partial charge in [0, 0.05) is 12.7 Å². The van der Waals surface area contributed by atoms with Gasteiger partial charge in [-0.15, -0.1) is 0 Å². The van der Waals surface area contributed by atoms with Gasteiger partial charge in [0.1, 0.15) is 30.6 Å². The minimum atomic E-state index is 0.0682. The first-order valence-corrected chi connectivity index (χ1v) is 8.66. The van der Waals surface area contributed by atoms with E-state index < -0.39 is 0 Å². The molecule has 1 unspecified atom stereocenters. The number of nitrogens with zero attached hydrogens (tertiary/aromatic N) is 2. The topological polar surface area (TPSA) is 64.4 Å². The molecular formula is C19H19ClN2O3. The van der Waals surface area contributed by atoms with E-state index in [9.17, 15) is 5.26 Å². The molecule has 0 saturated carbocycles. The molecule has 1 aromatic carbocycles. The Morgan fingerprint density at radius 1 is 1.24 bits per heavy atom. The molecule has 1 aliphatic heterocycles. The second kappa shape index (κ2) is 8.70. The molecule has 1 aromatic heterocycles. The predicted octanol–water partition coefficient (Wildman–Crippen LogP) is 4.13. The van der Waals surface area contributed by atoms with Crippen LogP contribution in [-0.4, -0.2) is 24.3 Å². The second-order valence-electron chi connectivity index (χ2n) is 5.81. The third-order valence-corrected chi connectivity index (χ3v) is 4.23. The fourth-order valence-corrected chi connectivity index (χ4v) is 2.83. The summed E-state index contributed by atoms with van der Waals surface area (Å²) in [6.45, 7) is 1.51. The quantitative estimate of drug-likeness (QED) is 0.726. The van der Waals surface area contributed by atoms with E-state index in [1.54, 1.807) is 6.07 Å². The number of pyridine rings is 1. The van der Waals surface area contributed by atoms with Crippen molar-refractivity contribution in [3.63, 3.8) is 0 Å². The van der Waals surface area contributed by atoms with E-state index in [2.05, 4.69) is 4.98 Å². The Morgan fingerprint density at radius 3 is 2.80 bits per heavy atom. The number of ether oxygens (including phenoxy) is 3. The van der Waals surface area contributed by atoms with Crippen LogP contribution >= 0.6 is 11.6 Å². The normalized spacial score (nSPS) is 16.9. The predicted molar refractivity (Wildman–Crippen MR) is 93.8 cm³/mol. The second-order valence-corrected chi connectivity index (χ2v) is 6.17. The lowest BCUT2D eigenvalue weighted by atomic mass is 10.1. The number of benzene rings is 1. The van der Waals surface area contributed by atoms with E-state index in [1.807, 2.05) is 36.4 Å². The highest BCUT2D eigenvalue weighted by Crippen LogP contribution is 2.29. The number of hydrogen-bond donors (Lipinski definition) is 0. The SMILES string of the molecule is N#Cc1c(OCc2ccccc2)cc(OCC2CCCCO2)nc1Cl. The minimum absolute atomic E-state index is 0.0682. The van der Waals surface area contributed by atoms with Crippen LogP contribution in [0.3, 0.4) is 0 Å². The highest BCUT2D eigenvalue weighted by Gasteiger charge is 2.17. The van der Waals surface area contributed by atoms with Crippen LogP contribution in [0.1, 0.15) is 30.4 Å². The lowest BCUT2D eigenvalue weighted by Gasteiger charge is -2.22. The van der Waals surface area contributed by atoms with Crippen molar-refractivity contribution in [3.8, 4) is 17.7 Å². The first-order chi connectivity index (χ1) is 12.3. The van der Waals surface area contributed by atoms with Crippen molar-refractivity contribution in [2.45, 2.75) is 32.0 Å². The van der Waals surface area contributed by atoms with E-state index in [0.29, 0.717) is 24.8 Å². The molecule has 1 aliphatic rings. The molecule has 25 heavy (non-hydrogen) atoms. The molecule has 1 atom stereocenters. The lowest BCUT2D eigenvalue weighted by Crippen LogP contribution is -2.26. The molecule has 130 valence electrons. The van der Waals surface area contributed by atoms with Crippen LogP contribution in [0.2, 0.25) is 5.15 Å². The summed E-state index contributed by atoms with van der Waals surface area (Å²) >= 11 is 6.11. The molecule has 2 heterocycles. The Balaban J connectivity index is 1.69. The lowest BCUT2D eigenvalue weighted by molar-refractivity contribution is -0.0119. The third kappa shape index (κ3) is 4.85. The summed E-state index contributed by atoms with van der Waals surface area (Å²) in [5.41, 5.74) is 1.20. The highest BCUT2D eigenvalue weighted by atomic mass is 35.5. The maximum absolute atomic E-state index is 9.31. The molecular weight excluding hydrogens is 340 g/mol. The standard InChI is InChI=1S/C19H19ClN2O3/c20-19-16(11-21)17(24-12-14-6-2-1-3-7-14)10-18(22-19)25-13-15-8-4-5-9-23-15/h1-3,6-7,10,15H,4-5,8-9,12-13H2. The third-order valence-electron chi connectivity index (χ3n) is 3.96. The summed E-state index contributed by atoms with van der Waals surface area (Å²) in [5, 5.41) is 9.38. The van der Waals surface area contributed by atoms with Gasteiger partial charge < -0.3 is 14.2 Å². The summed E-state index contributed by atoms with van der Waals surface area (Å²) in [6, 6.07) is 13.3. The molecule has 3 rings (SSSR count). The van der Waals surface area contributed by atoms with Crippen molar-refractivity contribution in [2.24, 2.45) is 0 Å². The van der Waals surface area contributed by atoms with Crippen LogP contribution in [0, 0.1) is 11.3 Å². The van der Waals surface area contributed by atoms with Crippen molar-refractivity contribution < 1.29 is 14.2 Å². The first kappa shape index (κ1) is 17.5. The summed E-state index contributed by atoms with van der Waals surface area (Å²) in [7, 11) is 0. The van der Waals surface area contributed by atoms with E-state index in [4.69, 9.17) is 25.8 Å². The van der Waals surface area contributed by atoms with Crippen molar-refractivity contribution in [3.05, 3.63) is 52.7 Å². The van der Waals surface area contributed by atoms with Crippen LogP contribution < -0.4 is 9.47 Å². The number of halogens is 1. The van der Waals surface area contributed by atoms with Crippen LogP contribution in [0.15, 0.2) is 36.4 Å². The molecule has 0 amide bonds. The number of rotatable bonds is 6. The molecule has 1 saturated heterocycles. The smallest absolute Gasteiger partial charge is 0.218 e. The van der Waals surface area contributed by atoms with Gasteiger partial charge >= 0.3 is 0 Å². The molecule has 0 radical (unpaired) electrons. The molecule has 0 spiro atoms. The number of hydrogen-bond acceptors (Lipinski definition) is 5. The van der Waals surface area contributed by atoms with E-state index in [0.717, 1.165) is 31.4 Å². The maximum atomic E-state index is 9.31. The zero-order chi connectivity index (χ0) is 17.5. The monoisotopic (exact) mass is 358 g/mol. The van der Waals surface area contributed by atoms with E-state index in [-0.39, 0.29) is 16.8 Å². The van der Waals surface area contributed by atoms with Crippen molar-refractivity contribution in [1.29, 1.82) is 5.26 Å². The number of nitriles is 1. The average molecular weight is 359 g/mol. The van der Waals surface area contributed by atoms with Gasteiger partial charge in [0.2, 0.25) is 5.88 Å². The summed E-state index contributed by atoms with van der Waals surface area (Å²) in [6.07, 6.45) is 3.27. The average Bonchev–Trinajstić information content (AvgIpc) is 2.66. The van der Waals surface area contributed by atoms with Gasteiger partial charge in [-0.3, -0.25) is 0 Å². The Hall–Kier alpha value is -2.29. The van der Waals surface area contributed by atoms with Gasteiger partial charge in [-0.1, -0.05) is 41.9 Å². The van der Waals surface area contributed by atoms with E-state index >= 15 is 0 Å². The van der Waals surface area contributed by atoms with Crippen molar-refractivity contribution >= 4 is 11.6 Å². The number of aromatic nitrogens is 1. The van der Waals surface area contributed by atoms with Crippen molar-refractivity contribution in [2.75, 3.05) is 13.2 Å². The summed E-state index contributed by atoms with van der Waals surface area (Å²) in [4.78, 5) is 4.13. The first-order valence-electron chi connectivity index (χ1n) is 8.28. The zero-order valence-electron chi connectivity index (χ0n) is 13.8. The maximum Gasteiger partial charge on any atom is 0.218 e. The van der Waals surface area contributed by atoms with Gasteiger partial charge in [0.15, 0.2) is 5.15 Å². The van der Waals surface area contributed by atoms with Crippen LogP contribution in [0.25, 0.3) is 0 Å². The Labute approximate surface area is 152 Å². The van der Waals surface area contributed by atoms with Crippen molar-refractivity contribution in [1.82, 2.24) is 4.98 Å². The largest absolute Gasteiger partial charge is 0.487 e. The summed E-state index contributed by atoms with van der Waals surface area (Å²) < 4.78 is 17.1. The molecule has 0 N–H and O–H groups in total. The van der Waals surface area contributed by atoms with Crippen LogP contribution in [0.4, 0.5) is 0 Å². The van der Waals surface area contributed by atoms with Gasteiger partial charge in [-0.25, -0.2) is 0 Å². The Bertz CT molecular complexity index is 740. The summed E-state index contributed by atoms with van der Waals surface area (Å²) in [5.74, 6) is 0.701. The molecule has 2 aromatic rings. The fraction of sp³-hybridized carbons (Fsp3) is 0.368. The van der Waals surface area contributed by atoms with Gasteiger partial charge in [-0.05, 0) is 24.8 Å². The molecule has 6 heteroatoms. The molecule has 1 fully saturated rings. The molecule has 0 aliphatic carbocycles. The fourth-order valence-electron chi connectivity index (χ4n) is 2.61. The van der Waals surface area contributed by atoms with E-state index in [1.165, 1.54) is 0 Å². The van der Waals surface area contributed by atoms with Crippen LogP contribution in [0.5, 0.6) is 11.6 Å². The van der Waals surface area contributed by atoms with Crippen LogP contribution in [-0.2, 0) is 11.3 Å². The van der Waals surface area contributed by atoms with Gasteiger partial charge in [0.05, 0.1) is 6.10 Å². The molecule has 5 nitrogen and oxygen atoms in total. The Kier molecular flexibility index (Phi) is 6.10. The minimum Gasteiger partial charge on any atom is -0.487 e. The van der Waals surface area contributed by atoms with Gasteiger partial charge in [-0.2, -0.15) is 10.2 Å². The molecule has 0 bridgehead atoms. The zero-order valence-corrected chi connectivity index (χ0v) is 14.5.